The molecule has 0 amide bonds. The van der Waals surface area contributed by atoms with Crippen LogP contribution in [-0.2, 0) is 0 Å². The van der Waals surface area contributed by atoms with Crippen molar-refractivity contribution >= 4 is 11.4 Å². The second-order valence-corrected chi connectivity index (χ2v) is 3.60. The van der Waals surface area contributed by atoms with E-state index in [1.807, 2.05) is 0 Å². The lowest BCUT2D eigenvalue weighted by molar-refractivity contribution is -0.384. The first-order valence-electron chi connectivity index (χ1n) is 4.86. The first kappa shape index (κ1) is 13.3. The number of rotatable bonds is 5. The molecule has 1 aromatic rings. The average Bonchev–Trinajstić information content (AvgIpc) is 2.24. The predicted molar refractivity (Wildman–Crippen MR) is 58.3 cm³/mol. The van der Waals surface area contributed by atoms with Gasteiger partial charge in [0.25, 0.3) is 12.1 Å². The number of nitrogens with one attached hydrogen (secondary N) is 1. The maximum Gasteiger partial charge on any atom is 0.271 e. The van der Waals surface area contributed by atoms with Crippen LogP contribution in [0.5, 0.6) is 0 Å². The highest BCUT2D eigenvalue weighted by atomic mass is 19.3. The van der Waals surface area contributed by atoms with Crippen molar-refractivity contribution in [2.45, 2.75) is 19.5 Å². The minimum Gasteiger partial charge on any atom is -0.385 e. The first-order chi connectivity index (χ1) is 7.90. The molecule has 2 N–H and O–H groups in total. The standard InChI is InChI=1S/C10H12F2N2O3/c1-6-2-7(4-8(3-6)14(16)17)13-5-9(15)10(11)12/h2-4,9-10,13,15H,5H2,1H3. The lowest BCUT2D eigenvalue weighted by Crippen LogP contribution is -2.26. The fourth-order valence-corrected chi connectivity index (χ4v) is 1.28. The van der Waals surface area contributed by atoms with E-state index in [1.54, 1.807) is 13.0 Å². The molecule has 0 fully saturated rings. The number of nitro groups is 1. The van der Waals surface area contributed by atoms with Gasteiger partial charge in [-0.05, 0) is 18.6 Å². The Labute approximate surface area is 96.2 Å². The van der Waals surface area contributed by atoms with Crippen molar-refractivity contribution in [3.8, 4) is 0 Å². The van der Waals surface area contributed by atoms with E-state index < -0.39 is 17.5 Å². The third-order valence-corrected chi connectivity index (χ3v) is 2.08. The highest BCUT2D eigenvalue weighted by Crippen LogP contribution is 2.20. The van der Waals surface area contributed by atoms with E-state index in [0.29, 0.717) is 11.3 Å². The quantitative estimate of drug-likeness (QED) is 0.615. The molecule has 0 spiro atoms. The lowest BCUT2D eigenvalue weighted by atomic mass is 10.2. The molecule has 0 aromatic heterocycles. The Morgan fingerprint density at radius 1 is 1.47 bits per heavy atom. The van der Waals surface area contributed by atoms with Crippen LogP contribution in [0.25, 0.3) is 0 Å². The fourth-order valence-electron chi connectivity index (χ4n) is 1.28. The number of nitrogens with zero attached hydrogens (tertiary/aromatic N) is 1. The highest BCUT2D eigenvalue weighted by Gasteiger charge is 2.16. The number of anilines is 1. The molecule has 1 aromatic carbocycles. The molecule has 0 aliphatic carbocycles. The molecule has 17 heavy (non-hydrogen) atoms. The largest absolute Gasteiger partial charge is 0.385 e. The van der Waals surface area contributed by atoms with E-state index in [9.17, 15) is 18.9 Å². The molecular formula is C10H12F2N2O3. The number of halogens is 2. The van der Waals surface area contributed by atoms with E-state index in [1.165, 1.54) is 12.1 Å². The molecule has 94 valence electrons. The Hall–Kier alpha value is -1.76. The van der Waals surface area contributed by atoms with E-state index in [2.05, 4.69) is 5.32 Å². The maximum absolute atomic E-state index is 12.0. The number of aliphatic hydroxyl groups excluding tert-OH is 1. The van der Waals surface area contributed by atoms with Crippen LogP contribution in [0.1, 0.15) is 5.56 Å². The number of nitro benzene ring substituents is 1. The molecule has 0 bridgehead atoms. The Bertz CT molecular complexity index is 413. The number of benzene rings is 1. The molecule has 1 unspecified atom stereocenters. The van der Waals surface area contributed by atoms with Gasteiger partial charge < -0.3 is 10.4 Å². The normalized spacial score (nSPS) is 12.5. The summed E-state index contributed by atoms with van der Waals surface area (Å²) >= 11 is 0. The van der Waals surface area contributed by atoms with E-state index in [-0.39, 0.29) is 12.2 Å². The van der Waals surface area contributed by atoms with Crippen molar-refractivity contribution in [2.75, 3.05) is 11.9 Å². The summed E-state index contributed by atoms with van der Waals surface area (Å²) in [4.78, 5) is 9.99. The second-order valence-electron chi connectivity index (χ2n) is 3.60. The van der Waals surface area contributed by atoms with Gasteiger partial charge >= 0.3 is 0 Å². The summed E-state index contributed by atoms with van der Waals surface area (Å²) in [6.07, 6.45) is -4.64. The van der Waals surface area contributed by atoms with Gasteiger partial charge in [0.05, 0.1) is 4.92 Å². The summed E-state index contributed by atoms with van der Waals surface area (Å²) in [5, 5.41) is 22.0. The molecule has 5 nitrogen and oxygen atoms in total. The lowest BCUT2D eigenvalue weighted by Gasteiger charge is -2.12. The van der Waals surface area contributed by atoms with Crippen LogP contribution in [0.4, 0.5) is 20.2 Å². The minimum atomic E-state index is -2.85. The minimum absolute atomic E-state index is 0.126. The molecule has 7 heteroatoms. The van der Waals surface area contributed by atoms with Gasteiger partial charge in [-0.1, -0.05) is 0 Å². The van der Waals surface area contributed by atoms with Gasteiger partial charge in [0.1, 0.15) is 6.10 Å². The van der Waals surface area contributed by atoms with Gasteiger partial charge in [-0.3, -0.25) is 10.1 Å². The van der Waals surface area contributed by atoms with Crippen molar-refractivity contribution in [3.05, 3.63) is 33.9 Å². The third kappa shape index (κ3) is 3.95. The Morgan fingerprint density at radius 3 is 2.65 bits per heavy atom. The molecule has 0 aliphatic rings. The zero-order chi connectivity index (χ0) is 13.0. The topological polar surface area (TPSA) is 75.4 Å². The SMILES string of the molecule is Cc1cc(NCC(O)C(F)F)cc([N+](=O)[O-])c1. The molecule has 0 heterocycles. The van der Waals surface area contributed by atoms with Gasteiger partial charge in [-0.15, -0.1) is 0 Å². The van der Waals surface area contributed by atoms with Crippen LogP contribution in [-0.4, -0.2) is 29.1 Å². The average molecular weight is 246 g/mol. The summed E-state index contributed by atoms with van der Waals surface area (Å²) in [5.74, 6) is 0. The number of hydrogen-bond acceptors (Lipinski definition) is 4. The Kier molecular flexibility index (Phi) is 4.33. The van der Waals surface area contributed by atoms with Gasteiger partial charge in [0, 0.05) is 24.4 Å². The third-order valence-electron chi connectivity index (χ3n) is 2.08. The van der Waals surface area contributed by atoms with Crippen LogP contribution in [0, 0.1) is 17.0 Å². The van der Waals surface area contributed by atoms with Gasteiger partial charge in [-0.25, -0.2) is 8.78 Å². The summed E-state index contributed by atoms with van der Waals surface area (Å²) in [6, 6.07) is 4.17. The highest BCUT2D eigenvalue weighted by molar-refractivity contribution is 5.53. The summed E-state index contributed by atoms with van der Waals surface area (Å²) in [6.45, 7) is 1.29. The smallest absolute Gasteiger partial charge is 0.271 e. The van der Waals surface area contributed by atoms with Crippen LogP contribution < -0.4 is 5.32 Å². The van der Waals surface area contributed by atoms with E-state index in [4.69, 9.17) is 5.11 Å². The molecule has 0 radical (unpaired) electrons. The van der Waals surface area contributed by atoms with Crippen molar-refractivity contribution in [2.24, 2.45) is 0 Å². The number of non-ortho nitro benzene ring substituents is 1. The van der Waals surface area contributed by atoms with Crippen molar-refractivity contribution in [3.63, 3.8) is 0 Å². The molecular weight excluding hydrogens is 234 g/mol. The second kappa shape index (κ2) is 5.53. The number of aryl methyl sites for hydroxylation is 1. The van der Waals surface area contributed by atoms with Crippen LogP contribution in [0.3, 0.4) is 0 Å². The van der Waals surface area contributed by atoms with Crippen LogP contribution in [0.15, 0.2) is 18.2 Å². The van der Waals surface area contributed by atoms with E-state index >= 15 is 0 Å². The first-order valence-corrected chi connectivity index (χ1v) is 4.86. The summed E-state index contributed by atoms with van der Waals surface area (Å²) in [5.41, 5.74) is 0.837. The molecule has 1 atom stereocenters. The van der Waals surface area contributed by atoms with Crippen molar-refractivity contribution in [1.82, 2.24) is 0 Å². The molecule has 0 saturated heterocycles. The zero-order valence-electron chi connectivity index (χ0n) is 9.06. The number of aliphatic hydroxyl groups is 1. The molecule has 0 saturated carbocycles. The van der Waals surface area contributed by atoms with Crippen LogP contribution >= 0.6 is 0 Å². The predicted octanol–water partition coefficient (Wildman–Crippen LogP) is 1.94. The molecule has 0 aliphatic heterocycles. The zero-order valence-corrected chi connectivity index (χ0v) is 9.06. The fraction of sp³-hybridized carbons (Fsp3) is 0.400. The Morgan fingerprint density at radius 2 is 2.12 bits per heavy atom. The summed E-state index contributed by atoms with van der Waals surface area (Å²) < 4.78 is 24.0. The van der Waals surface area contributed by atoms with Crippen molar-refractivity contribution < 1.29 is 18.8 Å². The van der Waals surface area contributed by atoms with Gasteiger partial charge in [0.15, 0.2) is 0 Å². The Balaban J connectivity index is 2.74. The molecule has 1 rings (SSSR count). The van der Waals surface area contributed by atoms with Gasteiger partial charge in [-0.2, -0.15) is 0 Å². The maximum atomic E-state index is 12.0. The monoisotopic (exact) mass is 246 g/mol. The van der Waals surface area contributed by atoms with Gasteiger partial charge in [0.2, 0.25) is 0 Å². The number of hydrogen-bond donors (Lipinski definition) is 2. The van der Waals surface area contributed by atoms with Crippen molar-refractivity contribution in [1.29, 1.82) is 0 Å². The van der Waals surface area contributed by atoms with E-state index in [0.717, 1.165) is 0 Å². The van der Waals surface area contributed by atoms with Crippen LogP contribution in [0.2, 0.25) is 0 Å². The number of alkyl halides is 2. The summed E-state index contributed by atoms with van der Waals surface area (Å²) in [7, 11) is 0.